The van der Waals surface area contributed by atoms with E-state index >= 15 is 0 Å². The van der Waals surface area contributed by atoms with Gasteiger partial charge in [0.05, 0.1) is 13.2 Å². The summed E-state index contributed by atoms with van der Waals surface area (Å²) in [6.45, 7) is 6.32. The van der Waals surface area contributed by atoms with Crippen LogP contribution >= 0.6 is 0 Å². The number of methoxy groups -OCH3 is 1. The second-order valence-electron chi connectivity index (χ2n) is 4.98. The highest BCUT2D eigenvalue weighted by molar-refractivity contribution is 5.49. The van der Waals surface area contributed by atoms with Crippen LogP contribution in [0.4, 0.5) is 5.69 Å². The lowest BCUT2D eigenvalue weighted by Gasteiger charge is -2.19. The van der Waals surface area contributed by atoms with E-state index in [0.717, 1.165) is 11.4 Å². The lowest BCUT2D eigenvalue weighted by molar-refractivity contribution is 0.407. The van der Waals surface area contributed by atoms with Crippen molar-refractivity contribution >= 4 is 5.69 Å². The molecule has 2 heteroatoms. The standard InChI is InChI=1S/C17H21NO/c1-12-6-5-7-15(10-12)18-14(3)16-9-8-13(2)11-17(16)19-4/h5-11,14,18H,1-4H3. The highest BCUT2D eigenvalue weighted by atomic mass is 16.5. The fourth-order valence-electron chi connectivity index (χ4n) is 2.24. The average molecular weight is 255 g/mol. The molecule has 2 nitrogen and oxygen atoms in total. The molecule has 0 radical (unpaired) electrons. The summed E-state index contributed by atoms with van der Waals surface area (Å²) in [6.07, 6.45) is 0. The zero-order valence-corrected chi connectivity index (χ0v) is 12.0. The molecule has 1 unspecified atom stereocenters. The number of anilines is 1. The Bertz CT molecular complexity index is 563. The van der Waals surface area contributed by atoms with Crippen LogP contribution < -0.4 is 10.1 Å². The first kappa shape index (κ1) is 13.5. The summed E-state index contributed by atoms with van der Waals surface area (Å²) in [5, 5.41) is 3.51. The number of aryl methyl sites for hydroxylation is 2. The molecule has 2 aromatic carbocycles. The molecular weight excluding hydrogens is 234 g/mol. The van der Waals surface area contributed by atoms with Crippen LogP contribution in [0.15, 0.2) is 42.5 Å². The first-order valence-electron chi connectivity index (χ1n) is 6.58. The summed E-state index contributed by atoms with van der Waals surface area (Å²) >= 11 is 0. The van der Waals surface area contributed by atoms with E-state index in [4.69, 9.17) is 4.74 Å². The number of benzene rings is 2. The molecule has 0 amide bonds. The molecular formula is C17H21NO. The third-order valence-corrected chi connectivity index (χ3v) is 3.26. The van der Waals surface area contributed by atoms with Gasteiger partial charge in [0.25, 0.3) is 0 Å². The van der Waals surface area contributed by atoms with Gasteiger partial charge in [0, 0.05) is 11.3 Å². The highest BCUT2D eigenvalue weighted by Crippen LogP contribution is 2.28. The Kier molecular flexibility index (Phi) is 4.10. The Labute approximate surface area is 115 Å². The van der Waals surface area contributed by atoms with Crippen molar-refractivity contribution in [2.75, 3.05) is 12.4 Å². The predicted molar refractivity (Wildman–Crippen MR) is 80.9 cm³/mol. The highest BCUT2D eigenvalue weighted by Gasteiger charge is 2.11. The fraction of sp³-hybridized carbons (Fsp3) is 0.294. The Morgan fingerprint density at radius 2 is 1.74 bits per heavy atom. The van der Waals surface area contributed by atoms with Crippen molar-refractivity contribution in [2.45, 2.75) is 26.8 Å². The van der Waals surface area contributed by atoms with Crippen molar-refractivity contribution in [2.24, 2.45) is 0 Å². The van der Waals surface area contributed by atoms with Crippen molar-refractivity contribution in [3.8, 4) is 5.75 Å². The van der Waals surface area contributed by atoms with Crippen molar-refractivity contribution in [1.29, 1.82) is 0 Å². The van der Waals surface area contributed by atoms with Gasteiger partial charge in [-0.15, -0.1) is 0 Å². The molecule has 0 aliphatic rings. The maximum Gasteiger partial charge on any atom is 0.124 e. The van der Waals surface area contributed by atoms with E-state index in [9.17, 15) is 0 Å². The first-order valence-corrected chi connectivity index (χ1v) is 6.58. The van der Waals surface area contributed by atoms with Crippen molar-refractivity contribution < 1.29 is 4.74 Å². The summed E-state index contributed by atoms with van der Waals surface area (Å²) in [5.41, 5.74) is 4.78. The van der Waals surface area contributed by atoms with E-state index in [2.05, 4.69) is 68.6 Å². The summed E-state index contributed by atoms with van der Waals surface area (Å²) in [5.74, 6) is 0.938. The van der Waals surface area contributed by atoms with Gasteiger partial charge in [-0.05, 0) is 50.1 Å². The maximum atomic E-state index is 5.47. The Morgan fingerprint density at radius 3 is 2.42 bits per heavy atom. The first-order chi connectivity index (χ1) is 9.10. The molecule has 19 heavy (non-hydrogen) atoms. The van der Waals surface area contributed by atoms with Crippen LogP contribution in [0.3, 0.4) is 0 Å². The Hall–Kier alpha value is -1.96. The SMILES string of the molecule is COc1cc(C)ccc1C(C)Nc1cccc(C)c1. The molecule has 0 fully saturated rings. The van der Waals surface area contributed by atoms with Crippen molar-refractivity contribution in [3.63, 3.8) is 0 Å². The van der Waals surface area contributed by atoms with Crippen LogP contribution in [-0.2, 0) is 0 Å². The van der Waals surface area contributed by atoms with Crippen LogP contribution in [0.2, 0.25) is 0 Å². The fourth-order valence-corrected chi connectivity index (χ4v) is 2.24. The van der Waals surface area contributed by atoms with Crippen LogP contribution in [-0.4, -0.2) is 7.11 Å². The monoisotopic (exact) mass is 255 g/mol. The van der Waals surface area contributed by atoms with Crippen LogP contribution in [0.5, 0.6) is 5.75 Å². The van der Waals surface area contributed by atoms with E-state index in [1.54, 1.807) is 7.11 Å². The summed E-state index contributed by atoms with van der Waals surface area (Å²) in [4.78, 5) is 0. The van der Waals surface area contributed by atoms with Crippen molar-refractivity contribution in [3.05, 3.63) is 59.2 Å². The van der Waals surface area contributed by atoms with E-state index in [1.165, 1.54) is 16.7 Å². The van der Waals surface area contributed by atoms with Crippen LogP contribution in [0.1, 0.15) is 29.7 Å². The van der Waals surface area contributed by atoms with Gasteiger partial charge in [0.1, 0.15) is 5.75 Å². The van der Waals surface area contributed by atoms with E-state index in [1.807, 2.05) is 0 Å². The largest absolute Gasteiger partial charge is 0.496 e. The molecule has 0 heterocycles. The van der Waals surface area contributed by atoms with Crippen molar-refractivity contribution in [1.82, 2.24) is 0 Å². The molecule has 100 valence electrons. The number of rotatable bonds is 4. The van der Waals surface area contributed by atoms with Gasteiger partial charge >= 0.3 is 0 Å². The molecule has 0 aliphatic heterocycles. The van der Waals surface area contributed by atoms with Gasteiger partial charge in [-0.25, -0.2) is 0 Å². The normalized spacial score (nSPS) is 12.0. The predicted octanol–water partition coefficient (Wildman–Crippen LogP) is 4.49. The second-order valence-corrected chi connectivity index (χ2v) is 4.98. The van der Waals surface area contributed by atoms with Crippen LogP contribution in [0.25, 0.3) is 0 Å². The molecule has 1 atom stereocenters. The minimum absolute atomic E-state index is 0.206. The maximum absolute atomic E-state index is 5.47. The zero-order chi connectivity index (χ0) is 13.8. The van der Waals surface area contributed by atoms with Gasteiger partial charge < -0.3 is 10.1 Å². The molecule has 2 rings (SSSR count). The molecule has 0 saturated carbocycles. The van der Waals surface area contributed by atoms with Gasteiger partial charge in [0.15, 0.2) is 0 Å². The number of hydrogen-bond donors (Lipinski definition) is 1. The third-order valence-electron chi connectivity index (χ3n) is 3.26. The molecule has 0 bridgehead atoms. The zero-order valence-electron chi connectivity index (χ0n) is 12.0. The van der Waals surface area contributed by atoms with Gasteiger partial charge in [-0.1, -0.05) is 24.3 Å². The van der Waals surface area contributed by atoms with Gasteiger partial charge in [-0.2, -0.15) is 0 Å². The van der Waals surface area contributed by atoms with Gasteiger partial charge in [0.2, 0.25) is 0 Å². The molecule has 2 aromatic rings. The smallest absolute Gasteiger partial charge is 0.124 e. The molecule has 1 N–H and O–H groups in total. The minimum atomic E-state index is 0.206. The van der Waals surface area contributed by atoms with E-state index in [-0.39, 0.29) is 6.04 Å². The number of ether oxygens (including phenoxy) is 1. The lowest BCUT2D eigenvalue weighted by Crippen LogP contribution is -2.08. The molecule has 0 saturated heterocycles. The second kappa shape index (κ2) is 5.79. The molecule has 0 aromatic heterocycles. The Balaban J connectivity index is 2.22. The third kappa shape index (κ3) is 3.28. The lowest BCUT2D eigenvalue weighted by atomic mass is 10.0. The average Bonchev–Trinajstić information content (AvgIpc) is 2.38. The quantitative estimate of drug-likeness (QED) is 0.869. The summed E-state index contributed by atoms with van der Waals surface area (Å²) in [7, 11) is 1.72. The summed E-state index contributed by atoms with van der Waals surface area (Å²) in [6, 6.07) is 14.9. The minimum Gasteiger partial charge on any atom is -0.496 e. The van der Waals surface area contributed by atoms with E-state index in [0.29, 0.717) is 0 Å². The summed E-state index contributed by atoms with van der Waals surface area (Å²) < 4.78 is 5.47. The molecule has 0 aliphatic carbocycles. The van der Waals surface area contributed by atoms with Gasteiger partial charge in [-0.3, -0.25) is 0 Å². The number of nitrogens with one attached hydrogen (secondary N) is 1. The van der Waals surface area contributed by atoms with E-state index < -0.39 is 0 Å². The number of hydrogen-bond acceptors (Lipinski definition) is 2. The molecule has 0 spiro atoms. The van der Waals surface area contributed by atoms with Crippen LogP contribution in [0, 0.1) is 13.8 Å². The Morgan fingerprint density at radius 1 is 1.00 bits per heavy atom. The topological polar surface area (TPSA) is 21.3 Å².